The van der Waals surface area contributed by atoms with Crippen molar-refractivity contribution in [1.29, 1.82) is 0 Å². The van der Waals surface area contributed by atoms with Crippen LogP contribution in [0.5, 0.6) is 0 Å². The van der Waals surface area contributed by atoms with Gasteiger partial charge in [-0.1, -0.05) is 12.1 Å². The van der Waals surface area contributed by atoms with Crippen molar-refractivity contribution < 1.29 is 0 Å². The van der Waals surface area contributed by atoms with Crippen molar-refractivity contribution in [2.75, 3.05) is 5.73 Å². The minimum absolute atomic E-state index is 0.474. The van der Waals surface area contributed by atoms with Crippen LogP contribution in [-0.2, 0) is 0 Å². The Bertz CT molecular complexity index is 771. The van der Waals surface area contributed by atoms with Crippen LogP contribution in [0.4, 0.5) is 5.95 Å². The fraction of sp³-hybridized carbons (Fsp3) is 0.200. The summed E-state index contributed by atoms with van der Waals surface area (Å²) in [7, 11) is 0. The van der Waals surface area contributed by atoms with E-state index in [1.807, 2.05) is 35.8 Å². The summed E-state index contributed by atoms with van der Waals surface area (Å²) in [6, 6.07) is 10.1. The molecule has 2 heterocycles. The minimum Gasteiger partial charge on any atom is -0.369 e. The first-order chi connectivity index (χ1) is 9.08. The lowest BCUT2D eigenvalue weighted by Gasteiger charge is -2.11. The first-order valence-electron chi connectivity index (χ1n) is 6.26. The average Bonchev–Trinajstić information content (AvgIpc) is 2.69. The van der Waals surface area contributed by atoms with Crippen molar-refractivity contribution in [2.45, 2.75) is 20.8 Å². The van der Waals surface area contributed by atoms with Gasteiger partial charge in [0.25, 0.3) is 0 Å². The zero-order valence-corrected chi connectivity index (χ0v) is 11.3. The predicted molar refractivity (Wildman–Crippen MR) is 77.5 cm³/mol. The first kappa shape index (κ1) is 11.7. The second-order valence-corrected chi connectivity index (χ2v) is 4.82. The van der Waals surface area contributed by atoms with Gasteiger partial charge in [-0.05, 0) is 50.1 Å². The van der Waals surface area contributed by atoms with Crippen LogP contribution in [0.1, 0.15) is 16.8 Å². The molecular formula is C15H16N4. The Hall–Kier alpha value is -2.36. The number of nitrogens with two attached hydrogens (primary N) is 1. The van der Waals surface area contributed by atoms with E-state index in [0.29, 0.717) is 5.95 Å². The van der Waals surface area contributed by atoms with Crippen LogP contribution in [0, 0.1) is 20.8 Å². The molecule has 3 aromatic rings. The molecule has 0 spiro atoms. The predicted octanol–water partition coefficient (Wildman–Crippen LogP) is 2.93. The third kappa shape index (κ3) is 1.76. The van der Waals surface area contributed by atoms with Crippen LogP contribution in [0.3, 0.4) is 0 Å². The smallest absolute Gasteiger partial charge is 0.207 e. The Kier molecular flexibility index (Phi) is 2.52. The lowest BCUT2D eigenvalue weighted by molar-refractivity contribution is 1.05. The Morgan fingerprint density at radius 1 is 1.00 bits per heavy atom. The molecule has 0 unspecified atom stereocenters. The highest BCUT2D eigenvalue weighted by molar-refractivity contribution is 5.77. The van der Waals surface area contributed by atoms with E-state index < -0.39 is 0 Å². The zero-order valence-electron chi connectivity index (χ0n) is 11.3. The number of pyridine rings is 1. The molecule has 4 nitrogen and oxygen atoms in total. The molecule has 0 radical (unpaired) electrons. The third-order valence-electron chi connectivity index (χ3n) is 3.49. The van der Waals surface area contributed by atoms with E-state index in [-0.39, 0.29) is 0 Å². The number of hydrogen-bond acceptors (Lipinski definition) is 3. The van der Waals surface area contributed by atoms with Gasteiger partial charge < -0.3 is 5.73 Å². The van der Waals surface area contributed by atoms with Crippen LogP contribution in [0.15, 0.2) is 30.3 Å². The van der Waals surface area contributed by atoms with Gasteiger partial charge in [-0.25, -0.2) is 9.97 Å². The highest BCUT2D eigenvalue weighted by Gasteiger charge is 2.13. The number of benzene rings is 1. The first-order valence-corrected chi connectivity index (χ1v) is 6.26. The molecular weight excluding hydrogens is 236 g/mol. The lowest BCUT2D eigenvalue weighted by Crippen LogP contribution is -2.04. The highest BCUT2D eigenvalue weighted by atomic mass is 15.2. The maximum absolute atomic E-state index is 6.07. The number of aryl methyl sites for hydroxylation is 2. The molecule has 0 atom stereocenters. The van der Waals surface area contributed by atoms with E-state index in [2.05, 4.69) is 29.9 Å². The molecule has 0 saturated heterocycles. The SMILES string of the molecule is Cc1ccc2nc(N)n(-c3cccc(C)c3C)c2n1. The summed E-state index contributed by atoms with van der Waals surface area (Å²) in [5, 5.41) is 0. The lowest BCUT2D eigenvalue weighted by atomic mass is 10.1. The fourth-order valence-corrected chi connectivity index (χ4v) is 2.28. The second-order valence-electron chi connectivity index (χ2n) is 4.82. The number of fused-ring (bicyclic) bond motifs is 1. The van der Waals surface area contributed by atoms with E-state index in [1.165, 1.54) is 11.1 Å². The van der Waals surface area contributed by atoms with Crippen molar-refractivity contribution in [3.63, 3.8) is 0 Å². The quantitative estimate of drug-likeness (QED) is 0.724. The number of hydrogen-bond donors (Lipinski definition) is 1. The fourth-order valence-electron chi connectivity index (χ4n) is 2.28. The van der Waals surface area contributed by atoms with Gasteiger partial charge in [-0.3, -0.25) is 4.57 Å². The topological polar surface area (TPSA) is 56.7 Å². The summed E-state index contributed by atoms with van der Waals surface area (Å²) < 4.78 is 1.92. The van der Waals surface area contributed by atoms with E-state index >= 15 is 0 Å². The van der Waals surface area contributed by atoms with Crippen molar-refractivity contribution in [1.82, 2.24) is 14.5 Å². The van der Waals surface area contributed by atoms with Crippen molar-refractivity contribution in [2.24, 2.45) is 0 Å². The van der Waals surface area contributed by atoms with Gasteiger partial charge in [0.05, 0.1) is 5.69 Å². The second kappa shape index (κ2) is 4.09. The Morgan fingerprint density at radius 2 is 1.79 bits per heavy atom. The molecule has 4 heteroatoms. The van der Waals surface area contributed by atoms with E-state index in [9.17, 15) is 0 Å². The molecule has 2 aromatic heterocycles. The van der Waals surface area contributed by atoms with Crippen molar-refractivity contribution in [3.05, 3.63) is 47.2 Å². The molecule has 96 valence electrons. The molecule has 0 amide bonds. The number of aromatic nitrogens is 3. The monoisotopic (exact) mass is 252 g/mol. The molecule has 0 fully saturated rings. The van der Waals surface area contributed by atoms with E-state index in [0.717, 1.165) is 22.5 Å². The summed E-state index contributed by atoms with van der Waals surface area (Å²) in [6.45, 7) is 6.15. The van der Waals surface area contributed by atoms with Gasteiger partial charge in [0, 0.05) is 5.69 Å². The molecule has 0 saturated carbocycles. The Morgan fingerprint density at radius 3 is 2.58 bits per heavy atom. The Labute approximate surface area is 111 Å². The normalized spacial score (nSPS) is 11.1. The number of anilines is 1. The van der Waals surface area contributed by atoms with Crippen LogP contribution < -0.4 is 5.73 Å². The average molecular weight is 252 g/mol. The zero-order chi connectivity index (χ0) is 13.6. The van der Waals surface area contributed by atoms with Gasteiger partial charge >= 0.3 is 0 Å². The summed E-state index contributed by atoms with van der Waals surface area (Å²) in [4.78, 5) is 8.94. The Balaban J connectivity index is 2.39. The summed E-state index contributed by atoms with van der Waals surface area (Å²) in [6.07, 6.45) is 0. The molecule has 0 aliphatic heterocycles. The summed E-state index contributed by atoms with van der Waals surface area (Å²) in [5.74, 6) is 0.474. The highest BCUT2D eigenvalue weighted by Crippen LogP contribution is 2.25. The van der Waals surface area contributed by atoms with Crippen molar-refractivity contribution >= 4 is 17.1 Å². The van der Waals surface area contributed by atoms with Gasteiger partial charge in [0.15, 0.2) is 5.65 Å². The molecule has 0 aliphatic rings. The largest absolute Gasteiger partial charge is 0.369 e. The van der Waals surface area contributed by atoms with Gasteiger partial charge in [0.2, 0.25) is 5.95 Å². The maximum atomic E-state index is 6.07. The minimum atomic E-state index is 0.474. The van der Waals surface area contributed by atoms with Crippen LogP contribution >= 0.6 is 0 Å². The third-order valence-corrected chi connectivity index (χ3v) is 3.49. The molecule has 1 aromatic carbocycles. The maximum Gasteiger partial charge on any atom is 0.207 e. The van der Waals surface area contributed by atoms with E-state index in [4.69, 9.17) is 5.73 Å². The van der Waals surface area contributed by atoms with Crippen LogP contribution in [0.2, 0.25) is 0 Å². The van der Waals surface area contributed by atoms with Crippen LogP contribution in [0.25, 0.3) is 16.9 Å². The summed E-state index contributed by atoms with van der Waals surface area (Å²) in [5.41, 5.74) is 12.1. The summed E-state index contributed by atoms with van der Waals surface area (Å²) >= 11 is 0. The number of imidazole rings is 1. The molecule has 19 heavy (non-hydrogen) atoms. The van der Waals surface area contributed by atoms with E-state index in [1.54, 1.807) is 0 Å². The molecule has 0 aliphatic carbocycles. The van der Waals surface area contributed by atoms with Gasteiger partial charge in [0.1, 0.15) is 5.52 Å². The van der Waals surface area contributed by atoms with Crippen molar-refractivity contribution in [3.8, 4) is 5.69 Å². The number of rotatable bonds is 1. The molecule has 3 rings (SSSR count). The molecule has 2 N–H and O–H groups in total. The standard InChI is InChI=1S/C15H16N4/c1-9-5-4-6-13(11(9)3)19-14-12(18-15(19)16)8-7-10(2)17-14/h4-8H,1-3H3,(H2,16,18). The van der Waals surface area contributed by atoms with Gasteiger partial charge in [-0.2, -0.15) is 0 Å². The van der Waals surface area contributed by atoms with Crippen LogP contribution in [-0.4, -0.2) is 14.5 Å². The van der Waals surface area contributed by atoms with Gasteiger partial charge in [-0.15, -0.1) is 0 Å². The molecule has 0 bridgehead atoms. The number of nitrogens with zero attached hydrogens (tertiary/aromatic N) is 3. The number of nitrogen functional groups attached to an aromatic ring is 1.